The number of carbonyl (C=O) groups excluding carboxylic acids is 2. The molecule has 4 aliphatic rings. The second-order valence-corrected chi connectivity index (χ2v) is 8.08. The quantitative estimate of drug-likeness (QED) is 0.774. The number of anilines is 1. The van der Waals surface area contributed by atoms with Crippen LogP contribution in [0.3, 0.4) is 0 Å². The number of hydrogen-bond acceptors (Lipinski definition) is 5. The number of rotatable bonds is 3. The van der Waals surface area contributed by atoms with Gasteiger partial charge in [-0.2, -0.15) is 0 Å². The van der Waals surface area contributed by atoms with Gasteiger partial charge in [-0.15, -0.1) is 0 Å². The molecule has 4 aliphatic heterocycles. The van der Waals surface area contributed by atoms with Crippen LogP contribution in [-0.2, 0) is 9.53 Å². The Labute approximate surface area is 152 Å². The van der Waals surface area contributed by atoms with Gasteiger partial charge in [-0.25, -0.2) is 4.79 Å². The number of esters is 1. The summed E-state index contributed by atoms with van der Waals surface area (Å²) in [6.07, 6.45) is 3.44. The molecule has 134 valence electrons. The fourth-order valence-corrected chi connectivity index (χ4v) is 4.98. The molecule has 4 fully saturated rings. The topological polar surface area (TPSA) is 49.9 Å². The summed E-state index contributed by atoms with van der Waals surface area (Å²) in [6.45, 7) is 0.586. The van der Waals surface area contributed by atoms with E-state index in [9.17, 15) is 9.59 Å². The highest BCUT2D eigenvalue weighted by atomic mass is 35.5. The third kappa shape index (κ3) is 3.04. The Hall–Kier alpha value is -1.59. The van der Waals surface area contributed by atoms with Crippen molar-refractivity contribution in [2.75, 3.05) is 25.5 Å². The molecule has 1 aromatic carbocycles. The average molecular weight is 363 g/mol. The standard InChI is InChI=1S/C19H23ClN2O3/c1-21(2)17-4-3-11(7-16(17)20)19(24)25-15-8-13-5-12-6-14(9-15)22(13)10-18(12)23/h3-4,7,12-15H,5-6,8-10H2,1-2H3. The molecule has 4 saturated heterocycles. The maximum absolute atomic E-state index is 12.5. The molecule has 4 heterocycles. The number of fused-ring (bicyclic) bond motifs is 1. The monoisotopic (exact) mass is 362 g/mol. The molecule has 6 heteroatoms. The van der Waals surface area contributed by atoms with Crippen LogP contribution >= 0.6 is 11.6 Å². The molecule has 2 atom stereocenters. The van der Waals surface area contributed by atoms with E-state index in [4.69, 9.17) is 16.3 Å². The molecule has 0 spiro atoms. The Balaban J connectivity index is 1.42. The lowest BCUT2D eigenvalue weighted by atomic mass is 9.72. The van der Waals surface area contributed by atoms with Crippen LogP contribution in [-0.4, -0.2) is 55.5 Å². The van der Waals surface area contributed by atoms with Crippen molar-refractivity contribution in [1.29, 1.82) is 0 Å². The first-order valence-corrected chi connectivity index (χ1v) is 9.26. The molecule has 0 aromatic heterocycles. The zero-order valence-electron chi connectivity index (χ0n) is 14.6. The van der Waals surface area contributed by atoms with Crippen LogP contribution in [0.4, 0.5) is 5.69 Å². The number of benzene rings is 1. The third-order valence-electron chi connectivity index (χ3n) is 5.85. The summed E-state index contributed by atoms with van der Waals surface area (Å²) in [4.78, 5) is 28.6. The van der Waals surface area contributed by atoms with Gasteiger partial charge in [0, 0.05) is 44.9 Å². The number of ether oxygens (including phenoxy) is 1. The lowest BCUT2D eigenvalue weighted by Gasteiger charge is -2.54. The van der Waals surface area contributed by atoms with Gasteiger partial charge in [0.15, 0.2) is 0 Å². The van der Waals surface area contributed by atoms with Crippen molar-refractivity contribution < 1.29 is 14.3 Å². The van der Waals surface area contributed by atoms with E-state index < -0.39 is 0 Å². The van der Waals surface area contributed by atoms with Gasteiger partial charge in [0.25, 0.3) is 0 Å². The van der Waals surface area contributed by atoms with Crippen LogP contribution < -0.4 is 4.90 Å². The van der Waals surface area contributed by atoms with E-state index in [0.717, 1.165) is 31.4 Å². The number of ketones is 1. The van der Waals surface area contributed by atoms with Crippen molar-refractivity contribution in [3.63, 3.8) is 0 Å². The van der Waals surface area contributed by atoms with Gasteiger partial charge in [0.2, 0.25) is 0 Å². The van der Waals surface area contributed by atoms with E-state index in [1.165, 1.54) is 0 Å². The Bertz CT molecular complexity index is 705. The van der Waals surface area contributed by atoms with Crippen LogP contribution in [0.1, 0.15) is 36.0 Å². The summed E-state index contributed by atoms with van der Waals surface area (Å²) < 4.78 is 5.78. The van der Waals surface area contributed by atoms with E-state index in [2.05, 4.69) is 4.90 Å². The number of nitrogens with zero attached hydrogens (tertiary/aromatic N) is 2. The van der Waals surface area contributed by atoms with E-state index in [-0.39, 0.29) is 18.0 Å². The first-order chi connectivity index (χ1) is 11.9. The van der Waals surface area contributed by atoms with Gasteiger partial charge in [0.05, 0.1) is 22.8 Å². The van der Waals surface area contributed by atoms with Crippen molar-refractivity contribution in [2.24, 2.45) is 5.92 Å². The summed E-state index contributed by atoms with van der Waals surface area (Å²) in [7, 11) is 3.82. The molecular weight excluding hydrogens is 340 g/mol. The molecule has 0 radical (unpaired) electrons. The normalized spacial score (nSPS) is 33.2. The molecule has 4 bridgehead atoms. The maximum Gasteiger partial charge on any atom is 0.338 e. The van der Waals surface area contributed by atoms with Crippen LogP contribution in [0.5, 0.6) is 0 Å². The molecule has 0 amide bonds. The molecule has 0 aliphatic carbocycles. The molecule has 5 nitrogen and oxygen atoms in total. The summed E-state index contributed by atoms with van der Waals surface area (Å²) in [5.74, 6) is 0.306. The molecular formula is C19H23ClN2O3. The largest absolute Gasteiger partial charge is 0.459 e. The molecule has 1 aromatic rings. The number of piperidine rings is 4. The van der Waals surface area contributed by atoms with Gasteiger partial charge >= 0.3 is 5.97 Å². The predicted octanol–water partition coefficient (Wildman–Crippen LogP) is 2.76. The SMILES string of the molecule is CN(C)c1ccc(C(=O)OC2CC3CC4CC(C2)N3CC4=O)cc1Cl. The third-order valence-corrected chi connectivity index (χ3v) is 6.16. The van der Waals surface area contributed by atoms with Crippen molar-refractivity contribution >= 4 is 29.0 Å². The molecule has 2 unspecified atom stereocenters. The second kappa shape index (κ2) is 6.29. The molecule has 25 heavy (non-hydrogen) atoms. The minimum atomic E-state index is -0.312. The fraction of sp³-hybridized carbons (Fsp3) is 0.579. The van der Waals surface area contributed by atoms with Gasteiger partial charge in [-0.3, -0.25) is 9.69 Å². The number of carbonyl (C=O) groups is 2. The van der Waals surface area contributed by atoms with Crippen molar-refractivity contribution in [3.8, 4) is 0 Å². The second-order valence-electron chi connectivity index (χ2n) is 7.67. The van der Waals surface area contributed by atoms with Crippen LogP contribution in [0.2, 0.25) is 5.02 Å². The minimum absolute atomic E-state index is 0.0693. The predicted molar refractivity (Wildman–Crippen MR) is 96.2 cm³/mol. The number of hydrogen-bond donors (Lipinski definition) is 0. The first-order valence-electron chi connectivity index (χ1n) is 8.88. The van der Waals surface area contributed by atoms with Crippen LogP contribution in [0.15, 0.2) is 18.2 Å². The van der Waals surface area contributed by atoms with Gasteiger partial charge < -0.3 is 9.64 Å². The lowest BCUT2D eigenvalue weighted by molar-refractivity contribution is -0.145. The summed E-state index contributed by atoms with van der Waals surface area (Å²) >= 11 is 6.26. The van der Waals surface area contributed by atoms with Crippen molar-refractivity contribution in [1.82, 2.24) is 4.90 Å². The maximum atomic E-state index is 12.5. The fourth-order valence-electron chi connectivity index (χ4n) is 4.63. The number of Topliss-reactive ketones (excluding diaryl/α,β-unsaturated/α-hetero) is 1. The van der Waals surface area contributed by atoms with Crippen molar-refractivity contribution in [2.45, 2.75) is 43.9 Å². The highest BCUT2D eigenvalue weighted by Gasteiger charge is 2.49. The van der Waals surface area contributed by atoms with E-state index >= 15 is 0 Å². The van der Waals surface area contributed by atoms with Crippen molar-refractivity contribution in [3.05, 3.63) is 28.8 Å². The molecule has 5 rings (SSSR count). The zero-order valence-corrected chi connectivity index (χ0v) is 15.3. The van der Waals surface area contributed by atoms with Gasteiger partial charge in [-0.1, -0.05) is 11.6 Å². The van der Waals surface area contributed by atoms with Gasteiger partial charge in [-0.05, 0) is 31.0 Å². The molecule has 0 N–H and O–H groups in total. The highest BCUT2D eigenvalue weighted by Crippen LogP contribution is 2.42. The first kappa shape index (κ1) is 16.9. The Kier molecular flexibility index (Phi) is 4.24. The summed E-state index contributed by atoms with van der Waals surface area (Å²) in [6, 6.07) is 6.04. The summed E-state index contributed by atoms with van der Waals surface area (Å²) in [5, 5.41) is 0.543. The Morgan fingerprint density at radius 3 is 2.44 bits per heavy atom. The summed E-state index contributed by atoms with van der Waals surface area (Å²) in [5.41, 5.74) is 1.36. The molecule has 0 saturated carbocycles. The highest BCUT2D eigenvalue weighted by molar-refractivity contribution is 6.33. The van der Waals surface area contributed by atoms with E-state index in [1.807, 2.05) is 25.1 Å². The Morgan fingerprint density at radius 2 is 1.88 bits per heavy atom. The Morgan fingerprint density at radius 1 is 1.20 bits per heavy atom. The number of halogens is 1. The average Bonchev–Trinajstić information content (AvgIpc) is 2.54. The van der Waals surface area contributed by atoms with Gasteiger partial charge in [0.1, 0.15) is 11.9 Å². The smallest absolute Gasteiger partial charge is 0.338 e. The van der Waals surface area contributed by atoms with E-state index in [1.54, 1.807) is 12.1 Å². The minimum Gasteiger partial charge on any atom is -0.459 e. The van der Waals surface area contributed by atoms with E-state index in [0.29, 0.717) is 35.0 Å². The van der Waals surface area contributed by atoms with Crippen LogP contribution in [0.25, 0.3) is 0 Å². The zero-order chi connectivity index (χ0) is 17.7. The lowest BCUT2D eigenvalue weighted by Crippen LogP contribution is -2.63. The van der Waals surface area contributed by atoms with Crippen LogP contribution in [0, 0.1) is 5.92 Å².